The molecule has 0 bridgehead atoms. The van der Waals surface area contributed by atoms with Gasteiger partial charge in [0.1, 0.15) is 18.3 Å². The molecule has 44 heavy (non-hydrogen) atoms. The Morgan fingerprint density at radius 2 is 1.70 bits per heavy atom. The summed E-state index contributed by atoms with van der Waals surface area (Å²) in [7, 11) is -3.09. The first-order valence-electron chi connectivity index (χ1n) is 13.6. The Bertz CT molecular complexity index is 1630. The highest BCUT2D eigenvalue weighted by Crippen LogP contribution is 2.30. The van der Waals surface area contributed by atoms with Crippen molar-refractivity contribution in [3.63, 3.8) is 0 Å². The predicted octanol–water partition coefficient (Wildman–Crippen LogP) is 5.75. The smallest absolute Gasteiger partial charge is 0.273 e. The minimum absolute atomic E-state index is 0.103. The number of nitrogens with zero attached hydrogens (tertiary/aromatic N) is 3. The van der Waals surface area contributed by atoms with Crippen LogP contribution in [0.15, 0.2) is 65.6 Å². The van der Waals surface area contributed by atoms with E-state index in [1.54, 1.807) is 32.9 Å². The molecule has 14 heteroatoms. The van der Waals surface area contributed by atoms with E-state index in [2.05, 4.69) is 5.32 Å². The van der Waals surface area contributed by atoms with Gasteiger partial charge in [-0.15, -0.1) is 0 Å². The molecule has 0 aromatic heterocycles. The van der Waals surface area contributed by atoms with Crippen molar-refractivity contribution in [2.45, 2.75) is 57.6 Å². The second-order valence-electron chi connectivity index (χ2n) is 10.3. The van der Waals surface area contributed by atoms with Crippen LogP contribution < -0.4 is 14.4 Å². The van der Waals surface area contributed by atoms with E-state index in [-0.39, 0.29) is 45.9 Å². The lowest BCUT2D eigenvalue weighted by Crippen LogP contribution is -2.53. The molecule has 0 heterocycles. The molecule has 0 spiro atoms. The van der Waals surface area contributed by atoms with E-state index in [1.165, 1.54) is 61.4 Å². The number of nitrogens with one attached hydrogen (secondary N) is 1. The van der Waals surface area contributed by atoms with Crippen molar-refractivity contribution < 1.29 is 27.7 Å². The van der Waals surface area contributed by atoms with Crippen LogP contribution in [-0.4, -0.2) is 55.8 Å². The summed E-state index contributed by atoms with van der Waals surface area (Å²) in [5.41, 5.74) is 0.483. The van der Waals surface area contributed by atoms with Crippen molar-refractivity contribution in [3.8, 4) is 5.75 Å². The summed E-state index contributed by atoms with van der Waals surface area (Å²) < 4.78 is 34.2. The summed E-state index contributed by atoms with van der Waals surface area (Å²) in [6.45, 7) is 5.94. The van der Waals surface area contributed by atoms with Crippen LogP contribution in [0.2, 0.25) is 10.0 Å². The van der Waals surface area contributed by atoms with Crippen LogP contribution in [-0.2, 0) is 26.2 Å². The first kappa shape index (κ1) is 34.6. The number of aryl methyl sites for hydroxylation is 1. The number of hydrogen-bond donors (Lipinski definition) is 1. The Morgan fingerprint density at radius 1 is 1.05 bits per heavy atom. The number of halogens is 2. The third-order valence-corrected chi connectivity index (χ3v) is 9.13. The number of hydrogen-bond acceptors (Lipinski definition) is 7. The molecule has 0 aliphatic rings. The monoisotopic (exact) mass is 664 g/mol. The Morgan fingerprint density at radius 3 is 2.25 bits per heavy atom. The Hall–Kier alpha value is -3.87. The number of nitro benzene ring substituents is 1. The zero-order chi connectivity index (χ0) is 32.8. The molecule has 0 saturated carbocycles. The predicted molar refractivity (Wildman–Crippen MR) is 170 cm³/mol. The molecular formula is C30H34Cl2N4O7S. The quantitative estimate of drug-likeness (QED) is 0.181. The largest absolute Gasteiger partial charge is 0.497 e. The molecule has 3 rings (SSSR count). The number of amides is 2. The second-order valence-corrected chi connectivity index (χ2v) is 13.0. The Balaban J connectivity index is 2.14. The van der Waals surface area contributed by atoms with Gasteiger partial charge in [-0.05, 0) is 75.2 Å². The number of rotatable bonds is 13. The fourth-order valence-corrected chi connectivity index (χ4v) is 6.39. The summed E-state index contributed by atoms with van der Waals surface area (Å²) in [4.78, 5) is 39.3. The average molecular weight is 666 g/mol. The molecular weight excluding hydrogens is 631 g/mol. The van der Waals surface area contributed by atoms with Gasteiger partial charge in [-0.1, -0.05) is 42.3 Å². The molecule has 0 aliphatic heterocycles. The second kappa shape index (κ2) is 14.7. The number of carbonyl (C=O) groups excluding carboxylic acids is 2. The summed E-state index contributed by atoms with van der Waals surface area (Å²) in [5, 5.41) is 15.1. The minimum Gasteiger partial charge on any atom is -0.497 e. The van der Waals surface area contributed by atoms with Gasteiger partial charge in [-0.2, -0.15) is 0 Å². The number of ether oxygens (including phenoxy) is 1. The average Bonchev–Trinajstić information content (AvgIpc) is 2.96. The Labute approximate surface area is 266 Å². The zero-order valence-electron chi connectivity index (χ0n) is 24.9. The summed E-state index contributed by atoms with van der Waals surface area (Å²) >= 11 is 12.5. The first-order valence-corrected chi connectivity index (χ1v) is 15.8. The molecule has 2 amide bonds. The number of benzene rings is 3. The first-order chi connectivity index (χ1) is 20.7. The van der Waals surface area contributed by atoms with Crippen LogP contribution in [0, 0.1) is 17.0 Å². The van der Waals surface area contributed by atoms with Gasteiger partial charge in [0, 0.05) is 34.3 Å². The van der Waals surface area contributed by atoms with E-state index in [1.807, 2.05) is 0 Å². The Kier molecular flexibility index (Phi) is 11.6. The highest BCUT2D eigenvalue weighted by atomic mass is 35.5. The van der Waals surface area contributed by atoms with Gasteiger partial charge in [0.25, 0.3) is 15.7 Å². The van der Waals surface area contributed by atoms with Crippen LogP contribution in [0.4, 0.5) is 11.4 Å². The maximum Gasteiger partial charge on any atom is 0.273 e. The van der Waals surface area contributed by atoms with Gasteiger partial charge in [0.15, 0.2) is 0 Å². The molecule has 3 aromatic carbocycles. The van der Waals surface area contributed by atoms with E-state index >= 15 is 0 Å². The molecule has 1 N–H and O–H groups in total. The molecule has 0 aliphatic carbocycles. The van der Waals surface area contributed by atoms with Crippen molar-refractivity contribution in [2.75, 3.05) is 18.0 Å². The third kappa shape index (κ3) is 8.19. The molecule has 11 nitrogen and oxygen atoms in total. The van der Waals surface area contributed by atoms with Gasteiger partial charge >= 0.3 is 0 Å². The van der Waals surface area contributed by atoms with Crippen LogP contribution in [0.3, 0.4) is 0 Å². The highest BCUT2D eigenvalue weighted by molar-refractivity contribution is 7.92. The normalized spacial score (nSPS) is 12.0. The highest BCUT2D eigenvalue weighted by Gasteiger charge is 2.35. The lowest BCUT2D eigenvalue weighted by molar-refractivity contribution is -0.385. The van der Waals surface area contributed by atoms with E-state index in [0.29, 0.717) is 16.3 Å². The maximum absolute atomic E-state index is 14.2. The molecule has 0 fully saturated rings. The fourth-order valence-electron chi connectivity index (χ4n) is 4.48. The SMILES string of the molecule is CCC(C(=O)NC(C)C)N(Cc1ccc(Cl)cc1Cl)C(=O)CN(c1ccc(OC)cc1)S(=O)(=O)c1ccc(C)c([N+](=O)[O-])c1. The van der Waals surface area contributed by atoms with Gasteiger partial charge in [-0.3, -0.25) is 24.0 Å². The lowest BCUT2D eigenvalue weighted by Gasteiger charge is -2.33. The van der Waals surface area contributed by atoms with Gasteiger partial charge in [-0.25, -0.2) is 8.42 Å². The summed E-state index contributed by atoms with van der Waals surface area (Å²) in [5.74, 6) is -0.685. The van der Waals surface area contributed by atoms with E-state index in [9.17, 15) is 28.1 Å². The van der Waals surface area contributed by atoms with E-state index in [0.717, 1.165) is 10.4 Å². The van der Waals surface area contributed by atoms with Crippen LogP contribution in [0.5, 0.6) is 5.75 Å². The summed E-state index contributed by atoms with van der Waals surface area (Å²) in [6, 6.07) is 13.0. The molecule has 3 aromatic rings. The van der Waals surface area contributed by atoms with Crippen molar-refractivity contribution in [1.82, 2.24) is 10.2 Å². The zero-order valence-corrected chi connectivity index (χ0v) is 27.2. The van der Waals surface area contributed by atoms with Crippen LogP contribution in [0.1, 0.15) is 38.3 Å². The molecule has 236 valence electrons. The van der Waals surface area contributed by atoms with E-state index < -0.39 is 39.3 Å². The van der Waals surface area contributed by atoms with Crippen molar-refractivity contribution >= 4 is 56.4 Å². The standard InChI is InChI=1S/C30H34Cl2N4O7S/c1-6-27(30(38)33-19(2)3)34(17-21-8-9-22(31)15-26(21)32)29(37)18-35(23-10-12-24(43-5)13-11-23)44(41,42)25-14-7-20(4)28(16-25)36(39)40/h7-16,19,27H,6,17-18H2,1-5H3,(H,33,38). The molecule has 0 radical (unpaired) electrons. The molecule has 1 unspecified atom stereocenters. The number of carbonyl (C=O) groups is 2. The fraction of sp³-hybridized carbons (Fsp3) is 0.333. The van der Waals surface area contributed by atoms with Gasteiger partial charge < -0.3 is 15.0 Å². The maximum atomic E-state index is 14.2. The molecule has 0 saturated heterocycles. The van der Waals surface area contributed by atoms with E-state index in [4.69, 9.17) is 27.9 Å². The van der Waals surface area contributed by atoms with Crippen LogP contribution >= 0.6 is 23.2 Å². The topological polar surface area (TPSA) is 139 Å². The van der Waals surface area contributed by atoms with Crippen molar-refractivity contribution in [2.24, 2.45) is 0 Å². The number of sulfonamides is 1. The van der Waals surface area contributed by atoms with Crippen LogP contribution in [0.25, 0.3) is 0 Å². The number of nitro groups is 1. The van der Waals surface area contributed by atoms with Gasteiger partial charge in [0.2, 0.25) is 11.8 Å². The molecule has 1 atom stereocenters. The third-order valence-electron chi connectivity index (χ3n) is 6.78. The lowest BCUT2D eigenvalue weighted by atomic mass is 10.1. The summed E-state index contributed by atoms with van der Waals surface area (Å²) in [6.07, 6.45) is 0.217. The van der Waals surface area contributed by atoms with Crippen molar-refractivity contribution in [3.05, 3.63) is 92.0 Å². The minimum atomic E-state index is -4.54. The van der Waals surface area contributed by atoms with Crippen molar-refractivity contribution in [1.29, 1.82) is 0 Å². The van der Waals surface area contributed by atoms with Gasteiger partial charge in [0.05, 0.1) is 22.6 Å². The number of anilines is 1. The number of methoxy groups -OCH3 is 1.